The molecule has 2 N–H and O–H groups in total. The van der Waals surface area contributed by atoms with Crippen LogP contribution in [-0.4, -0.2) is 35.1 Å². The molecule has 0 saturated heterocycles. The number of alkyl halides is 3. The van der Waals surface area contributed by atoms with Crippen LogP contribution in [0.25, 0.3) is 0 Å². The Morgan fingerprint density at radius 2 is 1.51 bits per heavy atom. The van der Waals surface area contributed by atoms with Crippen LogP contribution in [0.3, 0.4) is 0 Å². The summed E-state index contributed by atoms with van der Waals surface area (Å²) in [6.45, 7) is 0.660. The van der Waals surface area contributed by atoms with Gasteiger partial charge in [-0.2, -0.15) is 13.2 Å². The monoisotopic (exact) mass is 544 g/mol. The molecule has 2 aromatic carbocycles. The van der Waals surface area contributed by atoms with Crippen LogP contribution in [-0.2, 0) is 17.4 Å². The number of rotatable bonds is 15. The Morgan fingerprint density at radius 3 is 2.15 bits per heavy atom. The molecule has 0 saturated carbocycles. The Hall–Kier alpha value is -4.08. The normalized spacial score (nSPS) is 11.2. The van der Waals surface area contributed by atoms with E-state index >= 15 is 0 Å². The van der Waals surface area contributed by atoms with Gasteiger partial charge in [0.15, 0.2) is 0 Å². The van der Waals surface area contributed by atoms with Crippen LogP contribution in [0.4, 0.5) is 13.2 Å². The number of carboxylic acid groups (broad SMARTS) is 1. The second-order valence-corrected chi connectivity index (χ2v) is 8.92. The lowest BCUT2D eigenvalue weighted by Gasteiger charge is -2.09. The van der Waals surface area contributed by atoms with E-state index in [0.717, 1.165) is 56.2 Å². The molecule has 208 valence electrons. The number of carbonyl (C=O) groups excluding carboxylic acids is 1. The molecular formula is C29H31F3N2O5. The third kappa shape index (κ3) is 10.7. The van der Waals surface area contributed by atoms with Crippen LogP contribution < -0.4 is 14.8 Å². The lowest BCUT2D eigenvalue weighted by atomic mass is 10.1. The van der Waals surface area contributed by atoms with E-state index in [-0.39, 0.29) is 18.9 Å². The SMILES string of the molecule is O=C(O)CCNC(=O)c1ccc(OCCCCCCCc2ccc(Oc3ccc(C(F)(F)F)cc3)nc2)cc1. The van der Waals surface area contributed by atoms with Crippen LogP contribution >= 0.6 is 0 Å². The fourth-order valence-electron chi connectivity index (χ4n) is 3.69. The molecule has 7 nitrogen and oxygen atoms in total. The molecule has 0 aliphatic carbocycles. The highest BCUT2D eigenvalue weighted by Gasteiger charge is 2.30. The van der Waals surface area contributed by atoms with Crippen molar-refractivity contribution in [1.29, 1.82) is 0 Å². The predicted molar refractivity (Wildman–Crippen MR) is 139 cm³/mol. The number of carboxylic acids is 1. The molecule has 10 heteroatoms. The number of hydrogen-bond acceptors (Lipinski definition) is 5. The number of carbonyl (C=O) groups is 2. The Balaban J connectivity index is 1.25. The Labute approximate surface area is 225 Å². The van der Waals surface area contributed by atoms with Crippen molar-refractivity contribution in [3.8, 4) is 17.4 Å². The molecule has 1 heterocycles. The summed E-state index contributed by atoms with van der Waals surface area (Å²) in [4.78, 5) is 26.7. The third-order valence-electron chi connectivity index (χ3n) is 5.82. The van der Waals surface area contributed by atoms with E-state index < -0.39 is 17.7 Å². The predicted octanol–water partition coefficient (Wildman–Crippen LogP) is 6.67. The van der Waals surface area contributed by atoms with Crippen LogP contribution in [0.1, 0.15) is 60.0 Å². The highest BCUT2D eigenvalue weighted by atomic mass is 19.4. The zero-order valence-electron chi connectivity index (χ0n) is 21.4. The first kappa shape index (κ1) is 29.5. The van der Waals surface area contributed by atoms with Crippen molar-refractivity contribution in [2.45, 2.75) is 51.1 Å². The summed E-state index contributed by atoms with van der Waals surface area (Å²) in [5, 5.41) is 11.2. The van der Waals surface area contributed by atoms with Crippen LogP contribution in [0.2, 0.25) is 0 Å². The molecule has 3 rings (SSSR count). The number of aryl methyl sites for hydroxylation is 1. The fourth-order valence-corrected chi connectivity index (χ4v) is 3.69. The lowest BCUT2D eigenvalue weighted by Crippen LogP contribution is -2.25. The van der Waals surface area contributed by atoms with E-state index in [4.69, 9.17) is 14.6 Å². The van der Waals surface area contributed by atoms with Crippen molar-refractivity contribution in [3.63, 3.8) is 0 Å². The first-order valence-electron chi connectivity index (χ1n) is 12.7. The van der Waals surface area contributed by atoms with Crippen LogP contribution in [0.5, 0.6) is 17.4 Å². The average molecular weight is 545 g/mol. The van der Waals surface area contributed by atoms with Crippen molar-refractivity contribution >= 4 is 11.9 Å². The van der Waals surface area contributed by atoms with Gasteiger partial charge in [-0.25, -0.2) is 4.98 Å². The summed E-state index contributed by atoms with van der Waals surface area (Å²) in [5.74, 6) is 0.0152. The Morgan fingerprint density at radius 1 is 0.846 bits per heavy atom. The molecule has 0 atom stereocenters. The maximum Gasteiger partial charge on any atom is 0.416 e. The molecule has 39 heavy (non-hydrogen) atoms. The number of pyridine rings is 1. The van der Waals surface area contributed by atoms with Crippen molar-refractivity contribution < 1.29 is 37.3 Å². The lowest BCUT2D eigenvalue weighted by molar-refractivity contribution is -0.138. The molecule has 0 spiro atoms. The second-order valence-electron chi connectivity index (χ2n) is 8.92. The van der Waals surface area contributed by atoms with Crippen molar-refractivity contribution in [2.75, 3.05) is 13.2 Å². The minimum Gasteiger partial charge on any atom is -0.494 e. The van der Waals surface area contributed by atoms with E-state index in [1.165, 1.54) is 12.1 Å². The molecule has 0 bridgehead atoms. The zero-order valence-corrected chi connectivity index (χ0v) is 21.4. The van der Waals surface area contributed by atoms with Gasteiger partial charge in [0.05, 0.1) is 18.6 Å². The number of ether oxygens (including phenoxy) is 2. The van der Waals surface area contributed by atoms with Crippen molar-refractivity contribution in [1.82, 2.24) is 10.3 Å². The van der Waals surface area contributed by atoms with Gasteiger partial charge in [-0.05, 0) is 73.4 Å². The van der Waals surface area contributed by atoms with Gasteiger partial charge in [0, 0.05) is 24.4 Å². The molecule has 1 amide bonds. The van der Waals surface area contributed by atoms with E-state index in [1.54, 1.807) is 36.5 Å². The molecule has 0 radical (unpaired) electrons. The van der Waals surface area contributed by atoms with Gasteiger partial charge in [0.25, 0.3) is 5.91 Å². The number of hydrogen-bond donors (Lipinski definition) is 2. The molecule has 1 aromatic heterocycles. The van der Waals surface area contributed by atoms with Gasteiger partial charge < -0.3 is 19.9 Å². The standard InChI is InChI=1S/C29H31F3N2O5/c30-29(31,32)23-10-14-25(15-11-23)39-26-16-7-21(20-34-26)6-4-2-1-3-5-19-38-24-12-8-22(9-13-24)28(37)33-18-17-27(35)36/h7-16,20H,1-6,17-19H2,(H,33,37)(H,35,36). The number of nitrogens with zero attached hydrogens (tertiary/aromatic N) is 1. The van der Waals surface area contributed by atoms with E-state index in [1.807, 2.05) is 6.07 Å². The number of aromatic nitrogens is 1. The maximum absolute atomic E-state index is 12.7. The fraction of sp³-hybridized carbons (Fsp3) is 0.345. The summed E-state index contributed by atoms with van der Waals surface area (Å²) in [6.07, 6.45) is 3.18. The highest BCUT2D eigenvalue weighted by Crippen LogP contribution is 2.31. The maximum atomic E-state index is 12.7. The molecule has 0 aliphatic rings. The molecule has 0 aliphatic heterocycles. The van der Waals surface area contributed by atoms with Gasteiger partial charge >= 0.3 is 12.1 Å². The number of benzene rings is 2. The van der Waals surface area contributed by atoms with E-state index in [9.17, 15) is 22.8 Å². The van der Waals surface area contributed by atoms with Crippen LogP contribution in [0.15, 0.2) is 66.9 Å². The number of unbranched alkanes of at least 4 members (excludes halogenated alkanes) is 4. The van der Waals surface area contributed by atoms with Gasteiger partial charge in [-0.1, -0.05) is 25.3 Å². The number of nitrogens with one attached hydrogen (secondary N) is 1. The highest BCUT2D eigenvalue weighted by molar-refractivity contribution is 5.94. The first-order valence-corrected chi connectivity index (χ1v) is 12.7. The molecule has 0 fully saturated rings. The van der Waals surface area contributed by atoms with Gasteiger partial charge in [-0.3, -0.25) is 9.59 Å². The Bertz CT molecular complexity index is 1180. The average Bonchev–Trinajstić information content (AvgIpc) is 2.91. The van der Waals surface area contributed by atoms with Gasteiger partial charge in [-0.15, -0.1) is 0 Å². The zero-order chi connectivity index (χ0) is 28.1. The van der Waals surface area contributed by atoms with Gasteiger partial charge in [0.1, 0.15) is 11.5 Å². The second kappa shape index (κ2) is 14.8. The molecule has 3 aromatic rings. The molecular weight excluding hydrogens is 513 g/mol. The number of halogens is 3. The Kier molecular flexibility index (Phi) is 11.1. The molecule has 0 unspecified atom stereocenters. The summed E-state index contributed by atoms with van der Waals surface area (Å²) >= 11 is 0. The number of amides is 1. The topological polar surface area (TPSA) is 97.8 Å². The summed E-state index contributed by atoms with van der Waals surface area (Å²) in [6, 6.07) is 14.9. The minimum absolute atomic E-state index is 0.0826. The van der Waals surface area contributed by atoms with E-state index in [2.05, 4.69) is 10.3 Å². The van der Waals surface area contributed by atoms with Crippen LogP contribution in [0, 0.1) is 0 Å². The van der Waals surface area contributed by atoms with E-state index in [0.29, 0.717) is 29.5 Å². The summed E-state index contributed by atoms with van der Waals surface area (Å²) in [5.41, 5.74) is 0.790. The minimum atomic E-state index is -4.38. The first-order chi connectivity index (χ1) is 18.7. The smallest absolute Gasteiger partial charge is 0.416 e. The quantitative estimate of drug-likeness (QED) is 0.208. The van der Waals surface area contributed by atoms with Crippen molar-refractivity contribution in [2.24, 2.45) is 0 Å². The largest absolute Gasteiger partial charge is 0.494 e. The third-order valence-corrected chi connectivity index (χ3v) is 5.82. The number of aliphatic carboxylic acids is 1. The van der Waals surface area contributed by atoms with Crippen molar-refractivity contribution in [3.05, 3.63) is 83.6 Å². The van der Waals surface area contributed by atoms with Gasteiger partial charge in [0.2, 0.25) is 5.88 Å². The summed E-state index contributed by atoms with van der Waals surface area (Å²) in [7, 11) is 0. The summed E-state index contributed by atoms with van der Waals surface area (Å²) < 4.78 is 49.2.